The summed E-state index contributed by atoms with van der Waals surface area (Å²) < 4.78 is 5.38. The molecule has 1 atom stereocenters. The van der Waals surface area contributed by atoms with Crippen LogP contribution in [-0.4, -0.2) is 49.6 Å². The normalized spacial score (nSPS) is 15.3. The molecule has 2 rings (SSSR count). The number of nitrogens with one attached hydrogen (secondary N) is 2. The summed E-state index contributed by atoms with van der Waals surface area (Å²) in [6.45, 7) is 7.26. The van der Waals surface area contributed by atoms with Gasteiger partial charge in [0.2, 0.25) is 5.91 Å². The van der Waals surface area contributed by atoms with Crippen LogP contribution in [0, 0.1) is 0 Å². The number of rotatable bonds is 9. The highest BCUT2D eigenvalue weighted by Gasteiger charge is 2.26. The number of carbonyl (C=O) groups excluding carboxylic acids is 1. The molecule has 1 heterocycles. The highest BCUT2D eigenvalue weighted by molar-refractivity contribution is 14.0. The van der Waals surface area contributed by atoms with E-state index < -0.39 is 0 Å². The molecule has 1 aliphatic heterocycles. The lowest BCUT2D eigenvalue weighted by Crippen LogP contribution is -2.42. The van der Waals surface area contributed by atoms with Crippen molar-refractivity contribution < 1.29 is 9.53 Å². The average molecular weight is 488 g/mol. The van der Waals surface area contributed by atoms with E-state index in [1.54, 1.807) is 7.11 Å². The van der Waals surface area contributed by atoms with Crippen molar-refractivity contribution in [3.05, 3.63) is 29.8 Å². The van der Waals surface area contributed by atoms with Gasteiger partial charge in [-0.05, 0) is 32.3 Å². The molecule has 1 aliphatic rings. The van der Waals surface area contributed by atoms with Crippen molar-refractivity contribution >= 4 is 35.8 Å². The van der Waals surface area contributed by atoms with Crippen LogP contribution in [0.2, 0.25) is 0 Å². The number of amides is 1. The Balaban J connectivity index is 0.00000364. The van der Waals surface area contributed by atoms with Crippen molar-refractivity contribution in [1.82, 2.24) is 15.5 Å². The molecule has 1 saturated heterocycles. The van der Waals surface area contributed by atoms with Gasteiger partial charge in [0.15, 0.2) is 5.96 Å². The number of carbonyl (C=O) groups is 1. The summed E-state index contributed by atoms with van der Waals surface area (Å²) in [7, 11) is 1.68. The van der Waals surface area contributed by atoms with Gasteiger partial charge in [0, 0.05) is 37.7 Å². The zero-order valence-corrected chi connectivity index (χ0v) is 19.0. The molecule has 0 radical (unpaired) electrons. The maximum atomic E-state index is 12.0. The molecule has 0 aliphatic carbocycles. The molecule has 0 spiro atoms. The van der Waals surface area contributed by atoms with E-state index in [9.17, 15) is 4.79 Å². The van der Waals surface area contributed by atoms with Crippen molar-refractivity contribution in [3.63, 3.8) is 0 Å². The minimum atomic E-state index is 0. The number of benzene rings is 1. The van der Waals surface area contributed by atoms with E-state index in [1.807, 2.05) is 29.2 Å². The number of hydrogen-bond donors (Lipinski definition) is 2. The van der Waals surface area contributed by atoms with Gasteiger partial charge in [-0.3, -0.25) is 4.79 Å². The zero-order valence-electron chi connectivity index (χ0n) is 16.7. The fourth-order valence-electron chi connectivity index (χ4n) is 3.33. The molecular weight excluding hydrogens is 455 g/mol. The zero-order chi connectivity index (χ0) is 18.8. The summed E-state index contributed by atoms with van der Waals surface area (Å²) in [5.74, 6) is 1.94. The number of likely N-dealkylation sites (tertiary alicyclic amines) is 1. The summed E-state index contributed by atoms with van der Waals surface area (Å²) in [6, 6.07) is 8.24. The number of hydrogen-bond acceptors (Lipinski definition) is 3. The van der Waals surface area contributed by atoms with E-state index in [-0.39, 0.29) is 24.0 Å². The molecule has 1 unspecified atom stereocenters. The van der Waals surface area contributed by atoms with Gasteiger partial charge in [0.05, 0.1) is 13.7 Å². The Morgan fingerprint density at radius 2 is 2.07 bits per heavy atom. The first kappa shape index (κ1) is 23.5. The van der Waals surface area contributed by atoms with Crippen LogP contribution in [0.4, 0.5) is 0 Å². The fourth-order valence-corrected chi connectivity index (χ4v) is 3.33. The maximum absolute atomic E-state index is 12.0. The smallest absolute Gasteiger partial charge is 0.222 e. The van der Waals surface area contributed by atoms with E-state index in [0.29, 0.717) is 24.9 Å². The average Bonchev–Trinajstić information content (AvgIpc) is 3.09. The molecule has 6 nitrogen and oxygen atoms in total. The molecule has 1 aromatic carbocycles. The van der Waals surface area contributed by atoms with Gasteiger partial charge in [-0.15, -0.1) is 24.0 Å². The Morgan fingerprint density at radius 3 is 2.70 bits per heavy atom. The standard InChI is InChI=1S/C20H32N4O2.HI/c1-4-17(24-14-8-11-19(24)25)12-13-22-20(21-5-2)23-15-16-9-6-7-10-18(16)26-3;/h6-7,9-10,17H,4-5,8,11-15H2,1-3H3,(H2,21,22,23);1H. The predicted molar refractivity (Wildman–Crippen MR) is 121 cm³/mol. The number of methoxy groups -OCH3 is 1. The predicted octanol–water partition coefficient (Wildman–Crippen LogP) is 3.16. The second kappa shape index (κ2) is 12.8. The van der Waals surface area contributed by atoms with Crippen LogP contribution in [-0.2, 0) is 11.3 Å². The second-order valence-electron chi connectivity index (χ2n) is 6.48. The Kier molecular flexibility index (Phi) is 11.2. The van der Waals surface area contributed by atoms with Gasteiger partial charge in [-0.2, -0.15) is 0 Å². The molecule has 27 heavy (non-hydrogen) atoms. The van der Waals surface area contributed by atoms with E-state index >= 15 is 0 Å². The van der Waals surface area contributed by atoms with Crippen LogP contribution in [0.5, 0.6) is 5.75 Å². The molecular formula is C20H33IN4O2. The number of guanidine groups is 1. The van der Waals surface area contributed by atoms with Crippen molar-refractivity contribution in [3.8, 4) is 5.75 Å². The first-order valence-electron chi connectivity index (χ1n) is 9.63. The van der Waals surface area contributed by atoms with Crippen LogP contribution in [0.25, 0.3) is 0 Å². The topological polar surface area (TPSA) is 66.0 Å². The number of halogens is 1. The molecule has 0 bridgehead atoms. The highest BCUT2D eigenvalue weighted by atomic mass is 127. The van der Waals surface area contributed by atoms with Gasteiger partial charge >= 0.3 is 0 Å². The van der Waals surface area contributed by atoms with Crippen LogP contribution >= 0.6 is 24.0 Å². The molecule has 152 valence electrons. The van der Waals surface area contributed by atoms with E-state index in [1.165, 1.54) is 0 Å². The van der Waals surface area contributed by atoms with Crippen LogP contribution in [0.1, 0.15) is 45.1 Å². The number of nitrogens with zero attached hydrogens (tertiary/aromatic N) is 2. The first-order valence-corrected chi connectivity index (χ1v) is 9.63. The van der Waals surface area contributed by atoms with E-state index in [4.69, 9.17) is 4.74 Å². The summed E-state index contributed by atoms with van der Waals surface area (Å²) in [5, 5.41) is 6.67. The molecule has 0 aromatic heterocycles. The van der Waals surface area contributed by atoms with Gasteiger partial charge in [-0.25, -0.2) is 4.99 Å². The maximum Gasteiger partial charge on any atom is 0.222 e. The molecule has 7 heteroatoms. The Hall–Kier alpha value is -1.51. The molecule has 2 N–H and O–H groups in total. The Labute approximate surface area is 180 Å². The van der Waals surface area contributed by atoms with Crippen molar-refractivity contribution in [2.24, 2.45) is 4.99 Å². The van der Waals surface area contributed by atoms with Crippen LogP contribution < -0.4 is 15.4 Å². The van der Waals surface area contributed by atoms with E-state index in [2.05, 4.69) is 29.5 Å². The van der Waals surface area contributed by atoms with Crippen molar-refractivity contribution in [2.75, 3.05) is 26.7 Å². The van der Waals surface area contributed by atoms with Gasteiger partial charge in [-0.1, -0.05) is 25.1 Å². The Morgan fingerprint density at radius 1 is 1.30 bits per heavy atom. The first-order chi connectivity index (χ1) is 12.7. The summed E-state index contributed by atoms with van der Waals surface area (Å²) in [5.41, 5.74) is 1.06. The number of ether oxygens (including phenoxy) is 1. The monoisotopic (exact) mass is 488 g/mol. The number of para-hydroxylation sites is 1. The fraction of sp³-hybridized carbons (Fsp3) is 0.600. The summed E-state index contributed by atoms with van der Waals surface area (Å²) in [4.78, 5) is 18.7. The highest BCUT2D eigenvalue weighted by Crippen LogP contribution is 2.18. The molecule has 1 aromatic rings. The van der Waals surface area contributed by atoms with Crippen LogP contribution in [0.3, 0.4) is 0 Å². The minimum absolute atomic E-state index is 0. The third-order valence-electron chi connectivity index (χ3n) is 4.74. The Bertz CT molecular complexity index is 609. The summed E-state index contributed by atoms with van der Waals surface area (Å²) >= 11 is 0. The van der Waals surface area contributed by atoms with E-state index in [0.717, 1.165) is 56.2 Å². The van der Waals surface area contributed by atoms with Crippen LogP contribution in [0.15, 0.2) is 29.3 Å². The third-order valence-corrected chi connectivity index (χ3v) is 4.74. The molecule has 1 fully saturated rings. The van der Waals surface area contributed by atoms with Gasteiger partial charge < -0.3 is 20.3 Å². The largest absolute Gasteiger partial charge is 0.496 e. The lowest BCUT2D eigenvalue weighted by Gasteiger charge is -2.27. The summed E-state index contributed by atoms with van der Waals surface area (Å²) in [6.07, 6.45) is 3.61. The SMILES string of the molecule is CCNC(=NCc1ccccc1OC)NCCC(CC)N1CCCC1=O.I. The second-order valence-corrected chi connectivity index (χ2v) is 6.48. The van der Waals surface area contributed by atoms with Gasteiger partial charge in [0.25, 0.3) is 0 Å². The third kappa shape index (κ3) is 7.20. The van der Waals surface area contributed by atoms with Crippen molar-refractivity contribution in [1.29, 1.82) is 0 Å². The minimum Gasteiger partial charge on any atom is -0.496 e. The molecule has 1 amide bonds. The molecule has 0 saturated carbocycles. The lowest BCUT2D eigenvalue weighted by atomic mass is 10.1. The quantitative estimate of drug-likeness (QED) is 0.319. The van der Waals surface area contributed by atoms with Gasteiger partial charge in [0.1, 0.15) is 5.75 Å². The van der Waals surface area contributed by atoms with Crippen molar-refractivity contribution in [2.45, 2.75) is 52.1 Å². The lowest BCUT2D eigenvalue weighted by molar-refractivity contribution is -0.129. The number of aliphatic imine (C=N–C) groups is 1.